The van der Waals surface area contributed by atoms with Crippen LogP contribution >= 0.6 is 0 Å². The molecular weight excluding hydrogens is 210 g/mol. The number of hydrogen-bond donors (Lipinski definition) is 2. The molecule has 0 fully saturated rings. The van der Waals surface area contributed by atoms with Gasteiger partial charge in [-0.05, 0) is 18.2 Å². The Kier molecular flexibility index (Phi) is 2.92. The van der Waals surface area contributed by atoms with Gasteiger partial charge in [-0.25, -0.2) is 8.78 Å². The quantitative estimate of drug-likeness (QED) is 0.823. The van der Waals surface area contributed by atoms with E-state index in [1.807, 2.05) is 24.3 Å². The summed E-state index contributed by atoms with van der Waals surface area (Å²) in [7, 11) is 0. The molecule has 0 atom stereocenters. The molecule has 4 heteroatoms. The number of benzene rings is 1. The van der Waals surface area contributed by atoms with Crippen molar-refractivity contribution in [1.82, 2.24) is 4.98 Å². The molecule has 86 valence electrons. The Hall–Kier alpha value is -1.42. The predicted octanol–water partition coefficient (Wildman–Crippen LogP) is 2.69. The van der Waals surface area contributed by atoms with Crippen LogP contribution in [-0.2, 0) is 6.42 Å². The molecule has 0 bridgehead atoms. The lowest BCUT2D eigenvalue weighted by molar-refractivity contribution is -0.00421. The van der Waals surface area contributed by atoms with Crippen molar-refractivity contribution in [2.24, 2.45) is 5.73 Å². The van der Waals surface area contributed by atoms with E-state index in [9.17, 15) is 8.78 Å². The number of nitrogens with two attached hydrogens (primary N) is 1. The molecule has 0 radical (unpaired) electrons. The van der Waals surface area contributed by atoms with Gasteiger partial charge in [-0.3, -0.25) is 0 Å². The number of aromatic nitrogens is 1. The van der Waals surface area contributed by atoms with E-state index in [1.54, 1.807) is 6.20 Å². The first kappa shape index (κ1) is 11.1. The lowest BCUT2D eigenvalue weighted by atomic mass is 10.0. The van der Waals surface area contributed by atoms with Crippen LogP contribution in [-0.4, -0.2) is 17.5 Å². The normalized spacial score (nSPS) is 12.2. The van der Waals surface area contributed by atoms with Crippen LogP contribution < -0.4 is 5.73 Å². The van der Waals surface area contributed by atoms with Crippen LogP contribution in [0.15, 0.2) is 30.5 Å². The Morgan fingerprint density at radius 3 is 2.75 bits per heavy atom. The van der Waals surface area contributed by atoms with Crippen LogP contribution in [0.4, 0.5) is 8.78 Å². The van der Waals surface area contributed by atoms with E-state index in [2.05, 4.69) is 4.98 Å². The summed E-state index contributed by atoms with van der Waals surface area (Å²) in [6, 6.07) is 7.45. The van der Waals surface area contributed by atoms with Crippen molar-refractivity contribution in [2.45, 2.75) is 18.8 Å². The molecule has 0 saturated heterocycles. The van der Waals surface area contributed by atoms with E-state index in [0.717, 1.165) is 10.9 Å². The lowest BCUT2D eigenvalue weighted by Gasteiger charge is -2.14. The van der Waals surface area contributed by atoms with Crippen molar-refractivity contribution in [1.29, 1.82) is 0 Å². The average Bonchev–Trinajstić information content (AvgIpc) is 2.61. The molecule has 1 aromatic carbocycles. The van der Waals surface area contributed by atoms with Gasteiger partial charge in [0.05, 0.1) is 0 Å². The van der Waals surface area contributed by atoms with Crippen molar-refractivity contribution in [3.8, 4) is 0 Å². The van der Waals surface area contributed by atoms with Gasteiger partial charge in [0.1, 0.15) is 0 Å². The molecule has 1 aromatic heterocycles. The fourth-order valence-electron chi connectivity index (χ4n) is 1.86. The SMILES string of the molecule is NCCC(F)(F)Cc1c[nH]c2ccccc12. The molecule has 16 heavy (non-hydrogen) atoms. The summed E-state index contributed by atoms with van der Waals surface area (Å²) in [5, 5.41) is 0.860. The Morgan fingerprint density at radius 2 is 2.00 bits per heavy atom. The summed E-state index contributed by atoms with van der Waals surface area (Å²) in [5.41, 5.74) is 6.71. The summed E-state index contributed by atoms with van der Waals surface area (Å²) < 4.78 is 26.8. The van der Waals surface area contributed by atoms with Crippen molar-refractivity contribution >= 4 is 10.9 Å². The summed E-state index contributed by atoms with van der Waals surface area (Å²) in [6.07, 6.45) is 1.12. The molecule has 0 amide bonds. The molecule has 2 aromatic rings. The van der Waals surface area contributed by atoms with E-state index in [-0.39, 0.29) is 19.4 Å². The highest BCUT2D eigenvalue weighted by atomic mass is 19.3. The van der Waals surface area contributed by atoms with E-state index < -0.39 is 5.92 Å². The van der Waals surface area contributed by atoms with Crippen LogP contribution in [0, 0.1) is 0 Å². The Balaban J connectivity index is 2.27. The number of H-pyrrole nitrogens is 1. The number of aromatic amines is 1. The van der Waals surface area contributed by atoms with Gasteiger partial charge in [-0.15, -0.1) is 0 Å². The Bertz CT molecular complexity index is 477. The number of fused-ring (bicyclic) bond motifs is 1. The maximum atomic E-state index is 13.4. The third kappa shape index (κ3) is 2.22. The summed E-state index contributed by atoms with van der Waals surface area (Å²) in [5.74, 6) is -2.72. The molecule has 2 nitrogen and oxygen atoms in total. The van der Waals surface area contributed by atoms with E-state index >= 15 is 0 Å². The summed E-state index contributed by atoms with van der Waals surface area (Å²) in [4.78, 5) is 2.99. The first-order chi connectivity index (χ1) is 7.62. The Labute approximate surface area is 92.5 Å². The Morgan fingerprint density at radius 1 is 1.25 bits per heavy atom. The number of halogens is 2. The molecule has 3 N–H and O–H groups in total. The maximum absolute atomic E-state index is 13.4. The summed E-state index contributed by atoms with van der Waals surface area (Å²) >= 11 is 0. The maximum Gasteiger partial charge on any atom is 0.253 e. The molecule has 0 spiro atoms. The van der Waals surface area contributed by atoms with Gasteiger partial charge >= 0.3 is 0 Å². The zero-order valence-electron chi connectivity index (χ0n) is 8.84. The number of nitrogens with one attached hydrogen (secondary N) is 1. The minimum Gasteiger partial charge on any atom is -0.361 e. The largest absolute Gasteiger partial charge is 0.361 e. The van der Waals surface area contributed by atoms with Gasteiger partial charge in [0.25, 0.3) is 5.92 Å². The second-order valence-electron chi connectivity index (χ2n) is 3.93. The molecule has 0 aliphatic rings. The lowest BCUT2D eigenvalue weighted by Crippen LogP contribution is -2.23. The fraction of sp³-hybridized carbons (Fsp3) is 0.333. The van der Waals surface area contributed by atoms with Crippen LogP contribution in [0.25, 0.3) is 10.9 Å². The zero-order chi connectivity index (χ0) is 11.6. The molecule has 0 saturated carbocycles. The zero-order valence-corrected chi connectivity index (χ0v) is 8.84. The number of rotatable bonds is 4. The number of hydrogen-bond acceptors (Lipinski definition) is 1. The van der Waals surface area contributed by atoms with Gasteiger partial charge in [0, 0.05) is 29.9 Å². The molecule has 2 rings (SSSR count). The average molecular weight is 224 g/mol. The van der Waals surface area contributed by atoms with Crippen LogP contribution in [0.3, 0.4) is 0 Å². The second-order valence-corrected chi connectivity index (χ2v) is 3.93. The van der Waals surface area contributed by atoms with Gasteiger partial charge in [0.15, 0.2) is 0 Å². The first-order valence-electron chi connectivity index (χ1n) is 5.25. The van der Waals surface area contributed by atoms with E-state index in [4.69, 9.17) is 5.73 Å². The minimum absolute atomic E-state index is 0.00928. The minimum atomic E-state index is -2.72. The smallest absolute Gasteiger partial charge is 0.253 e. The third-order valence-corrected chi connectivity index (χ3v) is 2.63. The van der Waals surface area contributed by atoms with Crippen LogP contribution in [0.5, 0.6) is 0 Å². The topological polar surface area (TPSA) is 41.8 Å². The first-order valence-corrected chi connectivity index (χ1v) is 5.25. The van der Waals surface area contributed by atoms with Crippen LogP contribution in [0.2, 0.25) is 0 Å². The number of para-hydroxylation sites is 1. The summed E-state index contributed by atoms with van der Waals surface area (Å²) in [6.45, 7) is 0.00928. The second kappa shape index (κ2) is 4.22. The molecule has 0 unspecified atom stereocenters. The third-order valence-electron chi connectivity index (χ3n) is 2.63. The van der Waals surface area contributed by atoms with Crippen LogP contribution in [0.1, 0.15) is 12.0 Å². The molecule has 0 aliphatic carbocycles. The molecular formula is C12H14F2N2. The molecule has 1 heterocycles. The number of alkyl halides is 2. The monoisotopic (exact) mass is 224 g/mol. The van der Waals surface area contributed by atoms with E-state index in [0.29, 0.717) is 5.56 Å². The highest BCUT2D eigenvalue weighted by Crippen LogP contribution is 2.27. The standard InChI is InChI=1S/C12H14F2N2/c13-12(14,5-6-15)7-9-8-16-11-4-2-1-3-10(9)11/h1-4,8,16H,5-7,15H2. The van der Waals surface area contributed by atoms with Gasteiger partial charge < -0.3 is 10.7 Å². The highest BCUT2D eigenvalue weighted by Gasteiger charge is 2.29. The van der Waals surface area contributed by atoms with Gasteiger partial charge in [0.2, 0.25) is 0 Å². The predicted molar refractivity (Wildman–Crippen MR) is 60.6 cm³/mol. The molecule has 0 aliphatic heterocycles. The highest BCUT2D eigenvalue weighted by molar-refractivity contribution is 5.83. The van der Waals surface area contributed by atoms with Gasteiger partial charge in [-0.2, -0.15) is 0 Å². The van der Waals surface area contributed by atoms with Crippen molar-refractivity contribution in [3.63, 3.8) is 0 Å². The fourth-order valence-corrected chi connectivity index (χ4v) is 1.86. The van der Waals surface area contributed by atoms with Crippen molar-refractivity contribution in [2.75, 3.05) is 6.54 Å². The van der Waals surface area contributed by atoms with Crippen molar-refractivity contribution in [3.05, 3.63) is 36.0 Å². The van der Waals surface area contributed by atoms with Crippen molar-refractivity contribution < 1.29 is 8.78 Å². The van der Waals surface area contributed by atoms with E-state index in [1.165, 1.54) is 0 Å². The van der Waals surface area contributed by atoms with Gasteiger partial charge in [-0.1, -0.05) is 18.2 Å².